The van der Waals surface area contributed by atoms with Gasteiger partial charge in [0, 0.05) is 35.3 Å². The highest BCUT2D eigenvalue weighted by Gasteiger charge is 2.24. The molecular formula is C16H24BrN5O. The van der Waals surface area contributed by atoms with Crippen LogP contribution >= 0.6 is 15.9 Å². The van der Waals surface area contributed by atoms with Crippen LogP contribution in [-0.2, 0) is 4.74 Å². The lowest BCUT2D eigenvalue weighted by atomic mass is 9.84. The summed E-state index contributed by atoms with van der Waals surface area (Å²) in [6, 6.07) is 2.68. The van der Waals surface area contributed by atoms with Crippen LogP contribution in [0.5, 0.6) is 0 Å². The van der Waals surface area contributed by atoms with Gasteiger partial charge >= 0.3 is 0 Å². The highest BCUT2D eigenvalue weighted by molar-refractivity contribution is 9.10. The van der Waals surface area contributed by atoms with Crippen molar-refractivity contribution in [3.8, 4) is 0 Å². The van der Waals surface area contributed by atoms with Gasteiger partial charge in [-0.25, -0.2) is 9.50 Å². The average molecular weight is 382 g/mol. The second-order valence-corrected chi connectivity index (χ2v) is 7.26. The minimum Gasteiger partial charge on any atom is -0.383 e. The van der Waals surface area contributed by atoms with E-state index in [1.165, 1.54) is 5.69 Å². The molecule has 1 fully saturated rings. The van der Waals surface area contributed by atoms with Gasteiger partial charge in [-0.15, -0.1) is 5.10 Å². The topological polar surface area (TPSA) is 77.5 Å². The van der Waals surface area contributed by atoms with Crippen LogP contribution in [0.2, 0.25) is 0 Å². The number of methoxy groups -OCH3 is 1. The summed E-state index contributed by atoms with van der Waals surface area (Å²) >= 11 is 3.63. The average Bonchev–Trinajstić information content (AvgIpc) is 2.85. The van der Waals surface area contributed by atoms with Gasteiger partial charge < -0.3 is 15.8 Å². The second-order valence-electron chi connectivity index (χ2n) is 6.41. The molecule has 3 rings (SSSR count). The summed E-state index contributed by atoms with van der Waals surface area (Å²) in [6.45, 7) is 2.66. The lowest BCUT2D eigenvalue weighted by molar-refractivity contribution is 0.190. The molecule has 1 atom stereocenters. The number of nitrogens with one attached hydrogen (secondary N) is 1. The van der Waals surface area contributed by atoms with Gasteiger partial charge in [-0.05, 0) is 54.6 Å². The SMILES string of the molecule is COCC(C)Nc1ncc2c(Br)cc([C@H]3CC[C@H](N)CC3)n2n1. The third kappa shape index (κ3) is 3.67. The van der Waals surface area contributed by atoms with Gasteiger partial charge in [-0.1, -0.05) is 0 Å². The van der Waals surface area contributed by atoms with E-state index in [1.807, 2.05) is 17.6 Å². The Morgan fingerprint density at radius 2 is 2.17 bits per heavy atom. The Bertz CT molecular complexity index is 666. The van der Waals surface area contributed by atoms with E-state index in [-0.39, 0.29) is 6.04 Å². The lowest BCUT2D eigenvalue weighted by Gasteiger charge is -2.25. The van der Waals surface area contributed by atoms with Crippen molar-refractivity contribution in [2.75, 3.05) is 19.0 Å². The summed E-state index contributed by atoms with van der Waals surface area (Å²) in [5.41, 5.74) is 8.28. The molecule has 1 aliphatic rings. The zero-order valence-corrected chi connectivity index (χ0v) is 15.2. The van der Waals surface area contributed by atoms with Crippen molar-refractivity contribution in [2.24, 2.45) is 5.73 Å². The summed E-state index contributed by atoms with van der Waals surface area (Å²) in [4.78, 5) is 4.41. The molecule has 0 aliphatic heterocycles. The molecule has 3 N–H and O–H groups in total. The van der Waals surface area contributed by atoms with E-state index in [1.54, 1.807) is 7.11 Å². The number of anilines is 1. The van der Waals surface area contributed by atoms with Crippen LogP contribution in [0.25, 0.3) is 5.52 Å². The van der Waals surface area contributed by atoms with E-state index in [2.05, 4.69) is 32.3 Å². The monoisotopic (exact) mass is 381 g/mol. The van der Waals surface area contributed by atoms with E-state index in [4.69, 9.17) is 15.6 Å². The first kappa shape index (κ1) is 16.7. The molecule has 6 nitrogen and oxygen atoms in total. The molecule has 23 heavy (non-hydrogen) atoms. The number of aromatic nitrogens is 3. The lowest BCUT2D eigenvalue weighted by Crippen LogP contribution is -2.26. The van der Waals surface area contributed by atoms with E-state index in [0.29, 0.717) is 24.5 Å². The first-order chi connectivity index (χ1) is 11.1. The fourth-order valence-electron chi connectivity index (χ4n) is 3.26. The van der Waals surface area contributed by atoms with Crippen LogP contribution in [0, 0.1) is 0 Å². The molecule has 0 amide bonds. The molecular weight excluding hydrogens is 358 g/mol. The molecule has 7 heteroatoms. The van der Waals surface area contributed by atoms with Crippen molar-refractivity contribution in [2.45, 2.75) is 50.6 Å². The minimum atomic E-state index is 0.160. The number of nitrogens with two attached hydrogens (primary N) is 1. The van der Waals surface area contributed by atoms with Crippen molar-refractivity contribution in [3.05, 3.63) is 22.4 Å². The van der Waals surface area contributed by atoms with Crippen molar-refractivity contribution in [1.82, 2.24) is 14.6 Å². The third-order valence-corrected chi connectivity index (χ3v) is 5.11. The first-order valence-corrected chi connectivity index (χ1v) is 8.93. The Hall–Kier alpha value is -1.18. The molecule has 1 saturated carbocycles. The highest BCUT2D eigenvalue weighted by Crippen LogP contribution is 2.35. The van der Waals surface area contributed by atoms with E-state index >= 15 is 0 Å². The van der Waals surface area contributed by atoms with Crippen LogP contribution in [0.4, 0.5) is 5.95 Å². The van der Waals surface area contributed by atoms with Gasteiger partial charge in [0.2, 0.25) is 5.95 Å². The molecule has 2 aromatic heterocycles. The van der Waals surface area contributed by atoms with Crippen LogP contribution in [0.15, 0.2) is 16.7 Å². The van der Waals surface area contributed by atoms with Crippen molar-refractivity contribution >= 4 is 27.4 Å². The maximum absolute atomic E-state index is 6.04. The molecule has 0 radical (unpaired) electrons. The van der Waals surface area contributed by atoms with Crippen molar-refractivity contribution in [1.29, 1.82) is 0 Å². The quantitative estimate of drug-likeness (QED) is 0.832. The highest BCUT2D eigenvalue weighted by atomic mass is 79.9. The Morgan fingerprint density at radius 3 is 2.87 bits per heavy atom. The standard InChI is InChI=1S/C16H24BrN5O/c1-10(9-23-2)20-16-19-8-15-13(17)7-14(22(15)21-16)11-3-5-12(18)6-4-11/h7-8,10-12H,3-6,9,18H2,1-2H3,(H,20,21)/t10?,11-,12-. The maximum atomic E-state index is 6.04. The Morgan fingerprint density at radius 1 is 1.43 bits per heavy atom. The molecule has 2 heterocycles. The van der Waals surface area contributed by atoms with Gasteiger partial charge in [0.1, 0.15) is 0 Å². The molecule has 1 aliphatic carbocycles. The molecule has 2 aromatic rings. The number of halogens is 1. The minimum absolute atomic E-state index is 0.160. The van der Waals surface area contributed by atoms with Gasteiger partial charge in [-0.3, -0.25) is 0 Å². The normalized spacial score (nSPS) is 23.1. The number of rotatable bonds is 5. The largest absolute Gasteiger partial charge is 0.383 e. The van der Waals surface area contributed by atoms with Crippen LogP contribution < -0.4 is 11.1 Å². The van der Waals surface area contributed by atoms with E-state index in [0.717, 1.165) is 35.7 Å². The maximum Gasteiger partial charge on any atom is 0.241 e. The zero-order chi connectivity index (χ0) is 16.4. The summed E-state index contributed by atoms with van der Waals surface area (Å²) in [7, 11) is 1.69. The van der Waals surface area contributed by atoms with Crippen molar-refractivity contribution < 1.29 is 4.74 Å². The fraction of sp³-hybridized carbons (Fsp3) is 0.625. The summed E-state index contributed by atoms with van der Waals surface area (Å²) in [6.07, 6.45) is 6.25. The molecule has 0 bridgehead atoms. The summed E-state index contributed by atoms with van der Waals surface area (Å²) in [5, 5.41) is 7.97. The number of fused-ring (bicyclic) bond motifs is 1. The van der Waals surface area contributed by atoms with Crippen molar-refractivity contribution in [3.63, 3.8) is 0 Å². The van der Waals surface area contributed by atoms with Crippen LogP contribution in [0.3, 0.4) is 0 Å². The number of ether oxygens (including phenoxy) is 1. The smallest absolute Gasteiger partial charge is 0.241 e. The van der Waals surface area contributed by atoms with Crippen LogP contribution in [-0.4, -0.2) is 40.4 Å². The van der Waals surface area contributed by atoms with Gasteiger partial charge in [0.15, 0.2) is 0 Å². The molecule has 0 spiro atoms. The molecule has 126 valence electrons. The Labute approximate surface area is 144 Å². The summed E-state index contributed by atoms with van der Waals surface area (Å²) in [5.74, 6) is 1.13. The fourth-order valence-corrected chi connectivity index (χ4v) is 3.76. The third-order valence-electron chi connectivity index (χ3n) is 4.48. The Kier molecular flexibility index (Phi) is 5.18. The predicted molar refractivity (Wildman–Crippen MR) is 94.8 cm³/mol. The van der Waals surface area contributed by atoms with E-state index in [9.17, 15) is 0 Å². The molecule has 0 saturated heterocycles. The number of hydrogen-bond acceptors (Lipinski definition) is 5. The van der Waals surface area contributed by atoms with Crippen LogP contribution in [0.1, 0.15) is 44.2 Å². The molecule has 1 unspecified atom stereocenters. The molecule has 0 aromatic carbocycles. The number of nitrogens with zero attached hydrogens (tertiary/aromatic N) is 3. The van der Waals surface area contributed by atoms with Gasteiger partial charge in [0.05, 0.1) is 18.3 Å². The first-order valence-electron chi connectivity index (χ1n) is 8.13. The van der Waals surface area contributed by atoms with Gasteiger partial charge in [-0.2, -0.15) is 0 Å². The summed E-state index contributed by atoms with van der Waals surface area (Å²) < 4.78 is 8.21. The van der Waals surface area contributed by atoms with E-state index < -0.39 is 0 Å². The second kappa shape index (κ2) is 7.15. The number of hydrogen-bond donors (Lipinski definition) is 2. The zero-order valence-electron chi connectivity index (χ0n) is 13.6. The Balaban J connectivity index is 1.89. The predicted octanol–water partition coefficient (Wildman–Crippen LogP) is 2.92. The van der Waals surface area contributed by atoms with Gasteiger partial charge in [0.25, 0.3) is 0 Å².